The van der Waals surface area contributed by atoms with Gasteiger partial charge in [-0.25, -0.2) is 9.97 Å². The summed E-state index contributed by atoms with van der Waals surface area (Å²) in [4.78, 5) is 10.3. The molecular weight excluding hydrogens is 317 g/mol. The number of rotatable bonds is 2. The summed E-state index contributed by atoms with van der Waals surface area (Å²) in [5.74, 6) is 0.317. The molecule has 0 bridgehead atoms. The van der Waals surface area contributed by atoms with E-state index in [1.807, 2.05) is 18.9 Å². The van der Waals surface area contributed by atoms with Gasteiger partial charge in [0.15, 0.2) is 0 Å². The van der Waals surface area contributed by atoms with E-state index in [-0.39, 0.29) is 0 Å². The van der Waals surface area contributed by atoms with Crippen LogP contribution < -0.4 is 5.73 Å². The molecule has 128 valence electrons. The van der Waals surface area contributed by atoms with Gasteiger partial charge in [-0.1, -0.05) is 6.92 Å². The third-order valence-electron chi connectivity index (χ3n) is 4.35. The number of fused-ring (bicyclic) bond motifs is 1. The number of anilines is 1. The summed E-state index contributed by atoms with van der Waals surface area (Å²) >= 11 is 0. The van der Waals surface area contributed by atoms with Crippen LogP contribution in [-0.2, 0) is 25.6 Å². The number of hydrogen-bond donors (Lipinski definition) is 1. The molecule has 0 radical (unpaired) electrons. The minimum absolute atomic E-state index is 0.304. The minimum Gasteiger partial charge on any atom is -0.382 e. The largest absolute Gasteiger partial charge is 0.416 e. The molecule has 4 nitrogen and oxygen atoms in total. The van der Waals surface area contributed by atoms with Crippen LogP contribution >= 0.6 is 0 Å². The monoisotopic (exact) mass is 336 g/mol. The Hall–Kier alpha value is -2.15. The van der Waals surface area contributed by atoms with E-state index in [4.69, 9.17) is 5.73 Å². The van der Waals surface area contributed by atoms with Gasteiger partial charge in [0.05, 0.1) is 23.1 Å². The van der Waals surface area contributed by atoms with Gasteiger partial charge in [0.25, 0.3) is 0 Å². The molecule has 0 spiro atoms. The smallest absolute Gasteiger partial charge is 0.382 e. The fourth-order valence-electron chi connectivity index (χ4n) is 3.04. The van der Waals surface area contributed by atoms with Crippen molar-refractivity contribution in [2.75, 3.05) is 19.3 Å². The second-order valence-electron chi connectivity index (χ2n) is 6.09. The van der Waals surface area contributed by atoms with E-state index in [2.05, 4.69) is 9.97 Å². The highest BCUT2D eigenvalue weighted by atomic mass is 19.4. The highest BCUT2D eigenvalue weighted by molar-refractivity contribution is 5.64. The van der Waals surface area contributed by atoms with Gasteiger partial charge in [0.1, 0.15) is 5.82 Å². The highest BCUT2D eigenvalue weighted by Gasteiger charge is 2.36. The van der Waals surface area contributed by atoms with Gasteiger partial charge < -0.3 is 10.6 Å². The third-order valence-corrected chi connectivity index (χ3v) is 4.35. The van der Waals surface area contributed by atoms with Crippen LogP contribution in [0.2, 0.25) is 0 Å². The second-order valence-corrected chi connectivity index (χ2v) is 6.09. The topological polar surface area (TPSA) is 55.0 Å². The molecule has 0 unspecified atom stereocenters. The van der Waals surface area contributed by atoms with Gasteiger partial charge in [-0.05, 0) is 43.1 Å². The molecule has 1 aliphatic heterocycles. The van der Waals surface area contributed by atoms with Crippen LogP contribution in [-0.4, -0.2) is 28.5 Å². The van der Waals surface area contributed by atoms with Crippen molar-refractivity contribution < 1.29 is 13.2 Å². The van der Waals surface area contributed by atoms with Crippen LogP contribution in [0.3, 0.4) is 0 Å². The number of alkyl halides is 3. The van der Waals surface area contributed by atoms with E-state index in [1.165, 1.54) is 12.3 Å². The summed E-state index contributed by atoms with van der Waals surface area (Å²) in [7, 11) is 1.83. The normalized spacial score (nSPS) is 15.4. The van der Waals surface area contributed by atoms with Gasteiger partial charge >= 0.3 is 6.18 Å². The Morgan fingerprint density at radius 1 is 1.29 bits per heavy atom. The van der Waals surface area contributed by atoms with E-state index < -0.39 is 11.7 Å². The molecule has 1 aromatic carbocycles. The Kier molecular flexibility index (Phi) is 4.21. The molecule has 2 aromatic rings. The van der Waals surface area contributed by atoms with Gasteiger partial charge in [0.2, 0.25) is 0 Å². The molecule has 0 aliphatic carbocycles. The lowest BCUT2D eigenvalue weighted by Gasteiger charge is -2.28. The zero-order valence-electron chi connectivity index (χ0n) is 13.6. The molecule has 1 aliphatic rings. The van der Waals surface area contributed by atoms with Crippen LogP contribution in [0.1, 0.15) is 29.3 Å². The second kappa shape index (κ2) is 6.05. The Bertz CT molecular complexity index is 771. The number of aromatic nitrogens is 2. The van der Waals surface area contributed by atoms with Crippen LogP contribution in [0.25, 0.3) is 11.3 Å². The summed E-state index contributed by atoms with van der Waals surface area (Å²) in [6.45, 7) is 2.92. The van der Waals surface area contributed by atoms with Crippen LogP contribution in [0.4, 0.5) is 19.0 Å². The molecule has 0 atom stereocenters. The van der Waals surface area contributed by atoms with Gasteiger partial charge in [-0.3, -0.25) is 0 Å². The first-order valence-corrected chi connectivity index (χ1v) is 7.83. The minimum atomic E-state index is -4.40. The average molecular weight is 336 g/mol. The van der Waals surface area contributed by atoms with Crippen LogP contribution in [0, 0.1) is 0 Å². The molecule has 3 rings (SSSR count). The number of nitrogens with zero attached hydrogens (tertiary/aromatic N) is 3. The van der Waals surface area contributed by atoms with Crippen molar-refractivity contribution in [2.24, 2.45) is 0 Å². The number of nitrogen functional groups attached to an aromatic ring is 1. The number of halogens is 3. The van der Waals surface area contributed by atoms with Crippen molar-refractivity contribution >= 4 is 5.82 Å². The fraction of sp³-hybridized carbons (Fsp3) is 0.412. The van der Waals surface area contributed by atoms with E-state index in [1.54, 1.807) is 6.07 Å². The molecule has 1 aromatic heterocycles. The van der Waals surface area contributed by atoms with Crippen LogP contribution in [0.15, 0.2) is 18.3 Å². The van der Waals surface area contributed by atoms with Crippen molar-refractivity contribution in [3.63, 3.8) is 0 Å². The van der Waals surface area contributed by atoms with Crippen molar-refractivity contribution in [3.8, 4) is 11.3 Å². The SMILES string of the molecule is CCc1nc(-c2cc3c(c(C(F)(F)F)c2)CN(C)CC3)cnc1N. The standard InChI is InChI=1S/C17H19F3N4/c1-3-14-16(21)22-8-15(23-14)11-6-10-4-5-24(2)9-12(10)13(7-11)17(18,19)20/h6-8H,3-5,9H2,1-2H3,(H2,21,22). The third kappa shape index (κ3) is 3.08. The quantitative estimate of drug-likeness (QED) is 0.914. The van der Waals surface area contributed by atoms with Crippen molar-refractivity contribution in [1.82, 2.24) is 14.9 Å². The predicted octanol–water partition coefficient (Wildman–Crippen LogP) is 3.29. The molecule has 0 amide bonds. The summed E-state index contributed by atoms with van der Waals surface area (Å²) in [6, 6.07) is 2.98. The lowest BCUT2D eigenvalue weighted by molar-refractivity contribution is -0.138. The first kappa shape index (κ1) is 16.7. The first-order valence-electron chi connectivity index (χ1n) is 7.83. The number of likely N-dealkylation sites (N-methyl/N-ethyl adjacent to an activating group) is 1. The summed E-state index contributed by atoms with van der Waals surface area (Å²) in [5, 5.41) is 0. The van der Waals surface area contributed by atoms with E-state index >= 15 is 0 Å². The summed E-state index contributed by atoms with van der Waals surface area (Å²) in [5.41, 5.74) is 7.71. The van der Waals surface area contributed by atoms with E-state index in [9.17, 15) is 13.2 Å². The molecule has 0 saturated heterocycles. The predicted molar refractivity (Wildman–Crippen MR) is 86.3 cm³/mol. The van der Waals surface area contributed by atoms with Gasteiger partial charge in [-0.15, -0.1) is 0 Å². The molecule has 7 heteroatoms. The molecule has 0 saturated carbocycles. The highest BCUT2D eigenvalue weighted by Crippen LogP contribution is 2.38. The molecular formula is C17H19F3N4. The first-order chi connectivity index (χ1) is 11.3. The van der Waals surface area contributed by atoms with Gasteiger partial charge in [-0.2, -0.15) is 13.2 Å². The zero-order chi connectivity index (χ0) is 17.5. The lowest BCUT2D eigenvalue weighted by atomic mass is 9.91. The maximum absolute atomic E-state index is 13.5. The van der Waals surface area contributed by atoms with E-state index in [0.29, 0.717) is 47.7 Å². The Morgan fingerprint density at radius 3 is 2.71 bits per heavy atom. The number of hydrogen-bond acceptors (Lipinski definition) is 4. The molecule has 2 heterocycles. The fourth-order valence-corrected chi connectivity index (χ4v) is 3.04. The maximum Gasteiger partial charge on any atom is 0.416 e. The summed E-state index contributed by atoms with van der Waals surface area (Å²) < 4.78 is 40.6. The van der Waals surface area contributed by atoms with Crippen LogP contribution in [0.5, 0.6) is 0 Å². The Balaban J connectivity index is 2.16. The Morgan fingerprint density at radius 2 is 2.04 bits per heavy atom. The van der Waals surface area contributed by atoms with Crippen molar-refractivity contribution in [3.05, 3.63) is 40.7 Å². The number of benzene rings is 1. The van der Waals surface area contributed by atoms with Crippen molar-refractivity contribution in [2.45, 2.75) is 32.5 Å². The lowest BCUT2D eigenvalue weighted by Crippen LogP contribution is -2.29. The molecule has 24 heavy (non-hydrogen) atoms. The summed E-state index contributed by atoms with van der Waals surface area (Å²) in [6.07, 6.45) is -1.79. The maximum atomic E-state index is 13.5. The molecule has 2 N–H and O–H groups in total. The van der Waals surface area contributed by atoms with E-state index in [0.717, 1.165) is 12.1 Å². The Labute approximate surface area is 138 Å². The number of nitrogens with two attached hydrogens (primary N) is 1. The number of aryl methyl sites for hydroxylation is 1. The average Bonchev–Trinajstić information content (AvgIpc) is 2.53. The molecule has 0 fully saturated rings. The van der Waals surface area contributed by atoms with Gasteiger partial charge in [0, 0.05) is 18.7 Å². The zero-order valence-corrected chi connectivity index (χ0v) is 13.6. The van der Waals surface area contributed by atoms with Crippen molar-refractivity contribution in [1.29, 1.82) is 0 Å².